The number of ether oxygens (including phenoxy) is 1. The van der Waals surface area contributed by atoms with Crippen molar-refractivity contribution in [1.29, 1.82) is 0 Å². The van der Waals surface area contributed by atoms with Crippen molar-refractivity contribution in [1.82, 2.24) is 0 Å². The van der Waals surface area contributed by atoms with Gasteiger partial charge in [0.05, 0.1) is 13.0 Å². The van der Waals surface area contributed by atoms with E-state index in [0.29, 0.717) is 22.8 Å². The zero-order chi connectivity index (χ0) is 13.0. The molecule has 0 aliphatic rings. The summed E-state index contributed by atoms with van der Waals surface area (Å²) < 4.78 is 4.80. The lowest BCUT2D eigenvalue weighted by molar-refractivity contribution is -0.143. The molecule has 0 spiro atoms. The first-order valence-corrected chi connectivity index (χ1v) is 5.73. The average Bonchev–Trinajstić information content (AvgIpc) is 2.23. The van der Waals surface area contributed by atoms with Gasteiger partial charge < -0.3 is 15.6 Å². The molecule has 0 aliphatic heterocycles. The van der Waals surface area contributed by atoms with Crippen molar-refractivity contribution in [3.05, 3.63) is 28.3 Å². The van der Waals surface area contributed by atoms with Gasteiger partial charge in [0.1, 0.15) is 5.75 Å². The van der Waals surface area contributed by atoms with E-state index in [4.69, 9.17) is 22.1 Å². The number of hydrogen-bond donors (Lipinski definition) is 2. The summed E-state index contributed by atoms with van der Waals surface area (Å²) in [7, 11) is 0. The van der Waals surface area contributed by atoms with Gasteiger partial charge in [-0.2, -0.15) is 0 Å². The van der Waals surface area contributed by atoms with Crippen molar-refractivity contribution in [2.24, 2.45) is 5.73 Å². The minimum Gasteiger partial charge on any atom is -0.507 e. The Morgan fingerprint density at radius 1 is 1.59 bits per heavy atom. The van der Waals surface area contributed by atoms with Crippen molar-refractivity contribution in [2.75, 3.05) is 6.61 Å². The maximum atomic E-state index is 11.3. The van der Waals surface area contributed by atoms with Crippen molar-refractivity contribution in [2.45, 2.75) is 26.3 Å². The van der Waals surface area contributed by atoms with Gasteiger partial charge >= 0.3 is 5.97 Å². The second-order valence-electron chi connectivity index (χ2n) is 3.78. The minimum atomic E-state index is -0.619. The molecule has 0 amide bonds. The maximum absolute atomic E-state index is 11.3. The molecule has 94 valence electrons. The quantitative estimate of drug-likeness (QED) is 0.812. The molecule has 0 bridgehead atoms. The predicted molar refractivity (Wildman–Crippen MR) is 66.0 cm³/mol. The molecule has 0 unspecified atom stereocenters. The largest absolute Gasteiger partial charge is 0.507 e. The Bertz CT molecular complexity index is 420. The van der Waals surface area contributed by atoms with E-state index in [0.717, 1.165) is 0 Å². The number of hydrogen-bond acceptors (Lipinski definition) is 4. The maximum Gasteiger partial charge on any atom is 0.307 e. The Labute approximate surface area is 105 Å². The van der Waals surface area contributed by atoms with Gasteiger partial charge in [-0.1, -0.05) is 11.6 Å². The van der Waals surface area contributed by atoms with E-state index >= 15 is 0 Å². The van der Waals surface area contributed by atoms with Crippen LogP contribution in [0.1, 0.15) is 30.5 Å². The van der Waals surface area contributed by atoms with Crippen LogP contribution in [-0.2, 0) is 9.53 Å². The minimum absolute atomic E-state index is 0.0151. The van der Waals surface area contributed by atoms with Crippen LogP contribution in [-0.4, -0.2) is 17.7 Å². The lowest BCUT2D eigenvalue weighted by Crippen LogP contribution is -2.17. The van der Waals surface area contributed by atoms with Gasteiger partial charge in [-0.05, 0) is 31.5 Å². The summed E-state index contributed by atoms with van der Waals surface area (Å²) >= 11 is 5.88. The highest BCUT2D eigenvalue weighted by molar-refractivity contribution is 6.30. The van der Waals surface area contributed by atoms with Crippen molar-refractivity contribution >= 4 is 17.6 Å². The molecule has 17 heavy (non-hydrogen) atoms. The Morgan fingerprint density at radius 2 is 2.24 bits per heavy atom. The Balaban J connectivity index is 2.88. The summed E-state index contributed by atoms with van der Waals surface area (Å²) in [5, 5.41) is 10.3. The number of aryl methyl sites for hydroxylation is 1. The first-order chi connectivity index (χ1) is 7.95. The fraction of sp³-hybridized carbons (Fsp3) is 0.417. The van der Waals surface area contributed by atoms with Crippen LogP contribution in [0.2, 0.25) is 5.02 Å². The number of carbonyl (C=O) groups is 1. The molecule has 1 rings (SSSR count). The van der Waals surface area contributed by atoms with Crippen LogP contribution in [0.4, 0.5) is 0 Å². The molecular formula is C12H16ClNO3. The van der Waals surface area contributed by atoms with Gasteiger partial charge in [0, 0.05) is 16.6 Å². The summed E-state index contributed by atoms with van der Waals surface area (Å²) in [6.45, 7) is 3.76. The first kappa shape index (κ1) is 13.8. The van der Waals surface area contributed by atoms with Gasteiger partial charge in [-0.25, -0.2) is 0 Å². The fourth-order valence-electron chi connectivity index (χ4n) is 1.55. The molecule has 0 radical (unpaired) electrons. The third-order valence-corrected chi connectivity index (χ3v) is 2.60. The zero-order valence-corrected chi connectivity index (χ0v) is 10.6. The summed E-state index contributed by atoms with van der Waals surface area (Å²) in [5.41, 5.74) is 6.94. The highest BCUT2D eigenvalue weighted by atomic mass is 35.5. The van der Waals surface area contributed by atoms with Crippen LogP contribution in [0.25, 0.3) is 0 Å². The summed E-state index contributed by atoms with van der Waals surface area (Å²) in [6, 6.07) is 2.58. The van der Waals surface area contributed by atoms with Crippen LogP contribution in [0, 0.1) is 6.92 Å². The van der Waals surface area contributed by atoms with Crippen LogP contribution in [0.15, 0.2) is 12.1 Å². The number of nitrogens with two attached hydrogens (primary N) is 1. The summed E-state index contributed by atoms with van der Waals surface area (Å²) in [6.07, 6.45) is 0.0151. The number of aromatic hydroxyl groups is 1. The molecular weight excluding hydrogens is 242 g/mol. The molecule has 1 atom stereocenters. The van der Waals surface area contributed by atoms with E-state index in [1.807, 2.05) is 0 Å². The topological polar surface area (TPSA) is 72.5 Å². The Morgan fingerprint density at radius 3 is 2.82 bits per heavy atom. The number of esters is 1. The standard InChI is InChI=1S/C12H16ClNO3/c1-3-17-11(15)6-10(14)9-5-8(13)4-7(2)12(9)16/h4-5,10,16H,3,6,14H2,1-2H3/t10-/m0/s1. The number of carbonyl (C=O) groups excluding carboxylic acids is 1. The highest BCUT2D eigenvalue weighted by Crippen LogP contribution is 2.31. The smallest absolute Gasteiger partial charge is 0.307 e. The van der Waals surface area contributed by atoms with Crippen molar-refractivity contribution in [3.8, 4) is 5.75 Å². The van der Waals surface area contributed by atoms with Gasteiger partial charge in [0.25, 0.3) is 0 Å². The van der Waals surface area contributed by atoms with E-state index in [1.54, 1.807) is 26.0 Å². The number of rotatable bonds is 4. The number of halogens is 1. The van der Waals surface area contributed by atoms with Crippen molar-refractivity contribution in [3.63, 3.8) is 0 Å². The molecule has 0 aromatic heterocycles. The van der Waals surface area contributed by atoms with E-state index in [9.17, 15) is 9.90 Å². The monoisotopic (exact) mass is 257 g/mol. The lowest BCUT2D eigenvalue weighted by Gasteiger charge is -2.14. The lowest BCUT2D eigenvalue weighted by atomic mass is 10.0. The van der Waals surface area contributed by atoms with Gasteiger partial charge in [0.15, 0.2) is 0 Å². The highest BCUT2D eigenvalue weighted by Gasteiger charge is 2.17. The zero-order valence-electron chi connectivity index (χ0n) is 9.87. The molecule has 1 aromatic rings. The van der Waals surface area contributed by atoms with Crippen molar-refractivity contribution < 1.29 is 14.6 Å². The molecule has 1 aromatic carbocycles. The summed E-state index contributed by atoms with van der Waals surface area (Å²) in [5.74, 6) is -0.316. The second kappa shape index (κ2) is 5.89. The molecule has 3 N–H and O–H groups in total. The van der Waals surface area contributed by atoms with Gasteiger partial charge in [-0.3, -0.25) is 4.79 Å². The predicted octanol–water partition coefficient (Wildman–Crippen LogP) is 2.31. The average molecular weight is 258 g/mol. The van der Waals surface area contributed by atoms with Gasteiger partial charge in [0.2, 0.25) is 0 Å². The molecule has 0 aliphatic carbocycles. The molecule has 0 fully saturated rings. The van der Waals surface area contributed by atoms with Crippen LogP contribution >= 0.6 is 11.6 Å². The SMILES string of the molecule is CCOC(=O)C[C@H](N)c1cc(Cl)cc(C)c1O. The molecule has 0 saturated carbocycles. The molecule has 5 heteroatoms. The van der Waals surface area contributed by atoms with E-state index < -0.39 is 12.0 Å². The fourth-order valence-corrected chi connectivity index (χ4v) is 1.83. The third-order valence-electron chi connectivity index (χ3n) is 2.39. The summed E-state index contributed by atoms with van der Waals surface area (Å²) in [4.78, 5) is 11.3. The Hall–Kier alpha value is -1.26. The number of benzene rings is 1. The van der Waals surface area contributed by atoms with E-state index in [2.05, 4.69) is 0 Å². The van der Waals surface area contributed by atoms with Crippen LogP contribution in [0.3, 0.4) is 0 Å². The van der Waals surface area contributed by atoms with Crippen LogP contribution < -0.4 is 5.73 Å². The molecule has 4 nitrogen and oxygen atoms in total. The second-order valence-corrected chi connectivity index (χ2v) is 4.21. The number of phenols is 1. The van der Waals surface area contributed by atoms with Crippen LogP contribution in [0.5, 0.6) is 5.75 Å². The normalized spacial score (nSPS) is 12.2. The number of phenolic OH excluding ortho intramolecular Hbond substituents is 1. The van der Waals surface area contributed by atoms with E-state index in [-0.39, 0.29) is 12.2 Å². The molecule has 0 heterocycles. The molecule has 0 saturated heterocycles. The van der Waals surface area contributed by atoms with Gasteiger partial charge in [-0.15, -0.1) is 0 Å². The van der Waals surface area contributed by atoms with E-state index in [1.165, 1.54) is 0 Å². The third kappa shape index (κ3) is 3.61. The first-order valence-electron chi connectivity index (χ1n) is 5.36. The Kier molecular flexibility index (Phi) is 4.78.